The molecule has 0 saturated heterocycles. The number of methoxy groups -OCH3 is 1. The fourth-order valence-corrected chi connectivity index (χ4v) is 2.10. The molecule has 0 unspecified atom stereocenters. The van der Waals surface area contributed by atoms with Crippen LogP contribution in [0.4, 0.5) is 4.79 Å². The van der Waals surface area contributed by atoms with E-state index in [0.717, 1.165) is 9.80 Å². The first-order valence-corrected chi connectivity index (χ1v) is 7.34. The van der Waals surface area contributed by atoms with Crippen LogP contribution >= 0.6 is 0 Å². The number of amides is 2. The van der Waals surface area contributed by atoms with Gasteiger partial charge in [-0.15, -0.1) is 0 Å². The van der Waals surface area contributed by atoms with Crippen molar-refractivity contribution in [3.8, 4) is 0 Å². The lowest BCUT2D eigenvalue weighted by Crippen LogP contribution is -2.52. The Bertz CT molecular complexity index is 551. The second-order valence-corrected chi connectivity index (χ2v) is 6.17. The molecule has 1 heterocycles. The van der Waals surface area contributed by atoms with E-state index in [0.29, 0.717) is 0 Å². The summed E-state index contributed by atoms with van der Waals surface area (Å²) in [5.41, 5.74) is -0.697. The van der Waals surface area contributed by atoms with E-state index in [2.05, 4.69) is 4.74 Å². The largest absolute Gasteiger partial charge is 0.469 e. The summed E-state index contributed by atoms with van der Waals surface area (Å²) in [5.74, 6) is -1.77. The van der Waals surface area contributed by atoms with E-state index in [9.17, 15) is 19.2 Å². The van der Waals surface area contributed by atoms with Crippen molar-refractivity contribution in [3.63, 3.8) is 0 Å². The maximum Gasteiger partial charge on any atom is 0.412 e. The van der Waals surface area contributed by atoms with E-state index in [4.69, 9.17) is 9.84 Å². The molecule has 0 aromatic carbocycles. The van der Waals surface area contributed by atoms with Crippen LogP contribution in [-0.2, 0) is 23.9 Å². The third kappa shape index (κ3) is 5.56. The van der Waals surface area contributed by atoms with Crippen molar-refractivity contribution in [2.24, 2.45) is 0 Å². The Hall–Kier alpha value is -2.58. The summed E-state index contributed by atoms with van der Waals surface area (Å²) in [6.45, 7) is 4.76. The Labute approximate surface area is 139 Å². The van der Waals surface area contributed by atoms with Crippen LogP contribution < -0.4 is 0 Å². The number of carboxylic acid groups (broad SMARTS) is 1. The number of hydrogen-bond donors (Lipinski definition) is 1. The normalized spacial score (nSPS) is 17.7. The number of carbonyl (C=O) groups is 4. The monoisotopic (exact) mass is 342 g/mol. The molecule has 0 aliphatic carbocycles. The highest BCUT2D eigenvalue weighted by molar-refractivity contribution is 5.90. The van der Waals surface area contributed by atoms with Crippen LogP contribution in [0.15, 0.2) is 12.4 Å². The predicted molar refractivity (Wildman–Crippen MR) is 81.6 cm³/mol. The first kappa shape index (κ1) is 19.5. The molecule has 9 heteroatoms. The zero-order valence-corrected chi connectivity index (χ0v) is 14.1. The fraction of sp³-hybridized carbons (Fsp3) is 0.600. The highest BCUT2D eigenvalue weighted by Crippen LogP contribution is 2.18. The summed E-state index contributed by atoms with van der Waals surface area (Å²) in [7, 11) is 1.20. The lowest BCUT2D eigenvalue weighted by Gasteiger charge is -2.34. The van der Waals surface area contributed by atoms with Gasteiger partial charge in [-0.3, -0.25) is 19.3 Å². The van der Waals surface area contributed by atoms with E-state index in [1.165, 1.54) is 19.5 Å². The molecule has 1 aliphatic heterocycles. The van der Waals surface area contributed by atoms with E-state index in [-0.39, 0.29) is 19.4 Å². The first-order valence-electron chi connectivity index (χ1n) is 7.34. The summed E-state index contributed by atoms with van der Waals surface area (Å²) >= 11 is 0. The third-order valence-corrected chi connectivity index (χ3v) is 3.10. The van der Waals surface area contributed by atoms with Crippen LogP contribution in [0, 0.1) is 0 Å². The minimum absolute atomic E-state index is 0.0486. The molecule has 0 aromatic heterocycles. The second-order valence-electron chi connectivity index (χ2n) is 6.17. The SMILES string of the molecule is COC(=O)CC[C@@H]1C(=O)N(CC(=O)OC(C)(C)C)C=CN1C(=O)O. The van der Waals surface area contributed by atoms with Gasteiger partial charge in [0, 0.05) is 18.8 Å². The quantitative estimate of drug-likeness (QED) is 0.740. The van der Waals surface area contributed by atoms with Gasteiger partial charge in [0.2, 0.25) is 5.91 Å². The van der Waals surface area contributed by atoms with E-state index in [1.807, 2.05) is 0 Å². The molecular formula is C15H22N2O7. The molecule has 0 aromatic rings. The summed E-state index contributed by atoms with van der Waals surface area (Å²) in [6, 6.07) is -1.10. The Morgan fingerprint density at radius 3 is 2.33 bits per heavy atom. The summed E-state index contributed by atoms with van der Waals surface area (Å²) < 4.78 is 9.64. The lowest BCUT2D eigenvalue weighted by molar-refractivity contribution is -0.158. The van der Waals surface area contributed by atoms with E-state index >= 15 is 0 Å². The highest BCUT2D eigenvalue weighted by atomic mass is 16.6. The minimum Gasteiger partial charge on any atom is -0.469 e. The first-order chi connectivity index (χ1) is 11.0. The standard InChI is InChI=1S/C15H22N2O7/c1-15(2,3)24-12(19)9-16-7-8-17(14(21)22)10(13(16)20)5-6-11(18)23-4/h7-8,10H,5-6,9H2,1-4H3,(H,21,22)/t10-/m1/s1. The molecule has 1 N–H and O–H groups in total. The molecule has 134 valence electrons. The van der Waals surface area contributed by atoms with Gasteiger partial charge in [0.05, 0.1) is 7.11 Å². The Balaban J connectivity index is 2.84. The number of esters is 2. The molecular weight excluding hydrogens is 320 g/mol. The average molecular weight is 342 g/mol. The van der Waals surface area contributed by atoms with Crippen molar-refractivity contribution in [1.82, 2.24) is 9.80 Å². The average Bonchev–Trinajstić information content (AvgIpc) is 2.45. The van der Waals surface area contributed by atoms with Gasteiger partial charge in [0.1, 0.15) is 18.2 Å². The van der Waals surface area contributed by atoms with Crippen molar-refractivity contribution in [2.45, 2.75) is 45.3 Å². The maximum absolute atomic E-state index is 12.5. The minimum atomic E-state index is -1.33. The van der Waals surface area contributed by atoms with E-state index in [1.54, 1.807) is 20.8 Å². The molecule has 9 nitrogen and oxygen atoms in total. The Morgan fingerprint density at radius 1 is 1.21 bits per heavy atom. The van der Waals surface area contributed by atoms with Crippen molar-refractivity contribution in [1.29, 1.82) is 0 Å². The Kier molecular flexibility index (Phi) is 6.33. The number of nitrogens with zero attached hydrogens (tertiary/aromatic N) is 2. The molecule has 0 radical (unpaired) electrons. The van der Waals surface area contributed by atoms with Gasteiger partial charge in [-0.1, -0.05) is 0 Å². The van der Waals surface area contributed by atoms with Crippen molar-refractivity contribution < 1.29 is 33.8 Å². The van der Waals surface area contributed by atoms with Gasteiger partial charge in [0.25, 0.3) is 0 Å². The van der Waals surface area contributed by atoms with Crippen molar-refractivity contribution in [3.05, 3.63) is 12.4 Å². The molecule has 0 saturated carbocycles. The van der Waals surface area contributed by atoms with Crippen LogP contribution in [-0.4, -0.2) is 64.1 Å². The summed E-state index contributed by atoms with van der Waals surface area (Å²) in [4.78, 5) is 48.7. The molecule has 0 spiro atoms. The maximum atomic E-state index is 12.5. The summed E-state index contributed by atoms with van der Waals surface area (Å²) in [5, 5.41) is 9.17. The van der Waals surface area contributed by atoms with Gasteiger partial charge in [0.15, 0.2) is 0 Å². The molecule has 24 heavy (non-hydrogen) atoms. The molecule has 2 amide bonds. The molecule has 1 aliphatic rings. The van der Waals surface area contributed by atoms with Crippen LogP contribution in [0.25, 0.3) is 0 Å². The predicted octanol–water partition coefficient (Wildman–Crippen LogP) is 0.943. The van der Waals surface area contributed by atoms with Crippen LogP contribution in [0.2, 0.25) is 0 Å². The summed E-state index contributed by atoms with van der Waals surface area (Å²) in [6.07, 6.45) is 0.884. The second kappa shape index (κ2) is 7.80. The van der Waals surface area contributed by atoms with Gasteiger partial charge < -0.3 is 19.5 Å². The number of ether oxygens (including phenoxy) is 2. The highest BCUT2D eigenvalue weighted by Gasteiger charge is 2.36. The van der Waals surface area contributed by atoms with Gasteiger partial charge in [-0.05, 0) is 27.2 Å². The molecule has 0 bridgehead atoms. The fourth-order valence-electron chi connectivity index (χ4n) is 2.10. The van der Waals surface area contributed by atoms with Gasteiger partial charge in [-0.25, -0.2) is 4.79 Å². The number of hydrogen-bond acceptors (Lipinski definition) is 6. The third-order valence-electron chi connectivity index (χ3n) is 3.10. The molecule has 1 rings (SSSR count). The number of carbonyl (C=O) groups excluding carboxylic acids is 3. The van der Waals surface area contributed by atoms with Crippen molar-refractivity contribution in [2.75, 3.05) is 13.7 Å². The topological polar surface area (TPSA) is 113 Å². The zero-order chi connectivity index (χ0) is 18.5. The lowest BCUT2D eigenvalue weighted by atomic mass is 10.1. The van der Waals surface area contributed by atoms with Crippen LogP contribution in [0.1, 0.15) is 33.6 Å². The van der Waals surface area contributed by atoms with Crippen molar-refractivity contribution >= 4 is 23.9 Å². The van der Waals surface area contributed by atoms with Crippen LogP contribution in [0.5, 0.6) is 0 Å². The smallest absolute Gasteiger partial charge is 0.412 e. The number of rotatable bonds is 5. The van der Waals surface area contributed by atoms with Gasteiger partial charge in [-0.2, -0.15) is 0 Å². The van der Waals surface area contributed by atoms with E-state index < -0.39 is 35.6 Å². The van der Waals surface area contributed by atoms with Gasteiger partial charge >= 0.3 is 18.0 Å². The van der Waals surface area contributed by atoms with Crippen LogP contribution in [0.3, 0.4) is 0 Å². The Morgan fingerprint density at radius 2 is 1.83 bits per heavy atom. The molecule has 0 fully saturated rings. The molecule has 1 atom stereocenters. The zero-order valence-electron chi connectivity index (χ0n) is 14.1.